The topological polar surface area (TPSA) is 44.5 Å². The van der Waals surface area contributed by atoms with Gasteiger partial charge in [-0.1, -0.05) is 23.7 Å². The summed E-state index contributed by atoms with van der Waals surface area (Å²) in [6, 6.07) is 9.46. The first-order valence-electron chi connectivity index (χ1n) is 5.86. The predicted octanol–water partition coefficient (Wildman–Crippen LogP) is 3.66. The van der Waals surface area contributed by atoms with E-state index in [2.05, 4.69) is 0 Å². The normalized spacial score (nSPS) is 12.2. The van der Waals surface area contributed by atoms with Crippen LogP contribution in [0, 0.1) is 0 Å². The summed E-state index contributed by atoms with van der Waals surface area (Å²) in [7, 11) is 3.24. The molecule has 0 amide bonds. The van der Waals surface area contributed by atoms with Crippen molar-refractivity contribution in [2.75, 3.05) is 14.2 Å². The highest BCUT2D eigenvalue weighted by Crippen LogP contribution is 2.35. The third-order valence-corrected chi connectivity index (χ3v) is 4.14. The van der Waals surface area contributed by atoms with Crippen LogP contribution in [0.1, 0.15) is 16.5 Å². The Hall–Kier alpha value is -1.23. The van der Waals surface area contributed by atoms with Gasteiger partial charge in [-0.3, -0.25) is 0 Å². The van der Waals surface area contributed by atoms with E-state index in [0.717, 1.165) is 21.2 Å². The van der Waals surface area contributed by atoms with Crippen molar-refractivity contribution in [1.29, 1.82) is 0 Å². The minimum absolute atomic E-state index is 0.153. The lowest BCUT2D eigenvalue weighted by Crippen LogP contribution is -2.14. The molecule has 0 saturated heterocycles. The molecule has 0 aliphatic rings. The average molecular weight is 298 g/mol. The molecule has 2 rings (SSSR count). The molecule has 1 heterocycles. The second-order valence-electron chi connectivity index (χ2n) is 4.10. The van der Waals surface area contributed by atoms with Crippen LogP contribution in [0.4, 0.5) is 0 Å². The predicted molar refractivity (Wildman–Crippen MR) is 79.5 cm³/mol. The molecule has 3 nitrogen and oxygen atoms in total. The van der Waals surface area contributed by atoms with Crippen LogP contribution in [0.3, 0.4) is 0 Å². The Labute approximate surface area is 121 Å². The Balaban J connectivity index is 2.25. The molecule has 2 aromatic rings. The van der Waals surface area contributed by atoms with Crippen LogP contribution in [0.2, 0.25) is 4.34 Å². The molecule has 1 aromatic heterocycles. The maximum absolute atomic E-state index is 6.26. The van der Waals surface area contributed by atoms with Crippen molar-refractivity contribution in [3.8, 4) is 11.5 Å². The number of nitrogens with two attached hydrogens (primary N) is 1. The number of benzene rings is 1. The number of ether oxygens (including phenoxy) is 2. The fraction of sp³-hybridized carbons (Fsp3) is 0.286. The molecule has 0 saturated carbocycles. The highest BCUT2D eigenvalue weighted by Gasteiger charge is 2.16. The molecule has 2 N–H and O–H groups in total. The standard InChI is InChI=1S/C14H16ClNO2S/c1-17-12-5-3-4-10(14(12)18-2)11(16)8-9-6-7-13(15)19-9/h3-7,11H,8,16H2,1-2H3. The number of rotatable bonds is 5. The van der Waals surface area contributed by atoms with Gasteiger partial charge in [-0.2, -0.15) is 0 Å². The maximum Gasteiger partial charge on any atom is 0.165 e. The second kappa shape index (κ2) is 6.28. The lowest BCUT2D eigenvalue weighted by molar-refractivity contribution is 0.349. The van der Waals surface area contributed by atoms with Gasteiger partial charge in [-0.15, -0.1) is 11.3 Å². The van der Waals surface area contributed by atoms with Gasteiger partial charge in [0.15, 0.2) is 11.5 Å². The number of halogens is 1. The third kappa shape index (κ3) is 3.21. The fourth-order valence-corrected chi connectivity index (χ4v) is 3.14. The quantitative estimate of drug-likeness (QED) is 0.916. The molecule has 0 aliphatic carbocycles. The molecule has 1 atom stereocenters. The van der Waals surface area contributed by atoms with E-state index in [9.17, 15) is 0 Å². The highest BCUT2D eigenvalue weighted by atomic mass is 35.5. The van der Waals surface area contributed by atoms with Gasteiger partial charge < -0.3 is 15.2 Å². The van der Waals surface area contributed by atoms with Gasteiger partial charge in [0.05, 0.1) is 18.6 Å². The van der Waals surface area contributed by atoms with Gasteiger partial charge >= 0.3 is 0 Å². The third-order valence-electron chi connectivity index (χ3n) is 2.88. The summed E-state index contributed by atoms with van der Waals surface area (Å²) in [5.41, 5.74) is 7.20. The Morgan fingerprint density at radius 1 is 1.21 bits per heavy atom. The van der Waals surface area contributed by atoms with Gasteiger partial charge in [0.2, 0.25) is 0 Å². The van der Waals surface area contributed by atoms with Gasteiger partial charge in [0.1, 0.15) is 0 Å². The largest absolute Gasteiger partial charge is 0.493 e. The van der Waals surface area contributed by atoms with E-state index in [1.54, 1.807) is 25.6 Å². The lowest BCUT2D eigenvalue weighted by atomic mass is 10.0. The first-order valence-corrected chi connectivity index (χ1v) is 7.05. The van der Waals surface area contributed by atoms with Crippen LogP contribution in [0.15, 0.2) is 30.3 Å². The Bertz CT molecular complexity index is 556. The summed E-state index contributed by atoms with van der Waals surface area (Å²) in [5, 5.41) is 0. The van der Waals surface area contributed by atoms with Crippen molar-refractivity contribution in [3.05, 3.63) is 45.1 Å². The van der Waals surface area contributed by atoms with Crippen molar-refractivity contribution in [2.45, 2.75) is 12.5 Å². The molecule has 1 unspecified atom stereocenters. The van der Waals surface area contributed by atoms with Crippen LogP contribution in [-0.2, 0) is 6.42 Å². The first kappa shape index (κ1) is 14.2. The van der Waals surface area contributed by atoms with Crippen LogP contribution in [0.25, 0.3) is 0 Å². The van der Waals surface area contributed by atoms with E-state index in [1.165, 1.54) is 0 Å². The summed E-state index contributed by atoms with van der Waals surface area (Å²) in [6.07, 6.45) is 0.723. The molecule has 0 bridgehead atoms. The van der Waals surface area contributed by atoms with Crippen LogP contribution < -0.4 is 15.2 Å². The van der Waals surface area contributed by atoms with Crippen LogP contribution in [-0.4, -0.2) is 14.2 Å². The summed E-state index contributed by atoms with van der Waals surface area (Å²) < 4.78 is 11.5. The average Bonchev–Trinajstić information content (AvgIpc) is 2.82. The second-order valence-corrected chi connectivity index (χ2v) is 5.90. The van der Waals surface area contributed by atoms with Crippen molar-refractivity contribution < 1.29 is 9.47 Å². The van der Waals surface area contributed by atoms with Crippen molar-refractivity contribution >= 4 is 22.9 Å². The Morgan fingerprint density at radius 3 is 2.58 bits per heavy atom. The molecule has 0 radical (unpaired) electrons. The van der Waals surface area contributed by atoms with Crippen LogP contribution >= 0.6 is 22.9 Å². The number of hydrogen-bond donors (Lipinski definition) is 1. The molecule has 0 spiro atoms. The SMILES string of the molecule is COc1cccc(C(N)Cc2ccc(Cl)s2)c1OC. The van der Waals surface area contributed by atoms with Gasteiger partial charge in [0.25, 0.3) is 0 Å². The molecule has 1 aromatic carbocycles. The molecule has 0 fully saturated rings. The summed E-state index contributed by atoms with van der Waals surface area (Å²) >= 11 is 7.48. The minimum Gasteiger partial charge on any atom is -0.493 e. The first-order chi connectivity index (χ1) is 9.15. The van der Waals surface area contributed by atoms with Gasteiger partial charge in [0, 0.05) is 22.9 Å². The summed E-state index contributed by atoms with van der Waals surface area (Å²) in [4.78, 5) is 1.15. The zero-order chi connectivity index (χ0) is 13.8. The van der Waals surface area contributed by atoms with Gasteiger partial charge in [-0.25, -0.2) is 0 Å². The number of methoxy groups -OCH3 is 2. The number of thiophene rings is 1. The van der Waals surface area contributed by atoms with E-state index in [1.807, 2.05) is 30.3 Å². The van der Waals surface area contributed by atoms with Gasteiger partial charge in [-0.05, 0) is 18.2 Å². The fourth-order valence-electron chi connectivity index (χ4n) is 1.99. The molecule has 19 heavy (non-hydrogen) atoms. The van der Waals surface area contributed by atoms with E-state index < -0.39 is 0 Å². The lowest BCUT2D eigenvalue weighted by Gasteiger charge is -2.17. The summed E-state index contributed by atoms with van der Waals surface area (Å²) in [5.74, 6) is 1.39. The summed E-state index contributed by atoms with van der Waals surface area (Å²) in [6.45, 7) is 0. The van der Waals surface area contributed by atoms with Crippen molar-refractivity contribution in [3.63, 3.8) is 0 Å². The Kier molecular flexibility index (Phi) is 4.69. The molecule has 5 heteroatoms. The molecule has 102 valence electrons. The van der Waals surface area contributed by atoms with E-state index in [-0.39, 0.29) is 6.04 Å². The monoisotopic (exact) mass is 297 g/mol. The van der Waals surface area contributed by atoms with E-state index >= 15 is 0 Å². The van der Waals surface area contributed by atoms with E-state index in [0.29, 0.717) is 11.5 Å². The Morgan fingerprint density at radius 2 is 2.00 bits per heavy atom. The van der Waals surface area contributed by atoms with Crippen molar-refractivity contribution in [1.82, 2.24) is 0 Å². The number of hydrogen-bond acceptors (Lipinski definition) is 4. The molecular formula is C14H16ClNO2S. The van der Waals surface area contributed by atoms with E-state index in [4.69, 9.17) is 26.8 Å². The zero-order valence-electron chi connectivity index (χ0n) is 10.9. The minimum atomic E-state index is -0.153. The van der Waals surface area contributed by atoms with Crippen molar-refractivity contribution in [2.24, 2.45) is 5.73 Å². The van der Waals surface area contributed by atoms with Crippen LogP contribution in [0.5, 0.6) is 11.5 Å². The highest BCUT2D eigenvalue weighted by molar-refractivity contribution is 7.16. The smallest absolute Gasteiger partial charge is 0.165 e. The zero-order valence-corrected chi connectivity index (χ0v) is 12.4. The molecule has 0 aliphatic heterocycles. The number of para-hydroxylation sites is 1. The maximum atomic E-state index is 6.26. The molecular weight excluding hydrogens is 282 g/mol.